The molecule has 1 fully saturated rings. The lowest BCUT2D eigenvalue weighted by molar-refractivity contribution is 0.0600. The summed E-state index contributed by atoms with van der Waals surface area (Å²) in [6, 6.07) is 14.6. The van der Waals surface area contributed by atoms with Crippen molar-refractivity contribution in [1.29, 1.82) is 0 Å². The predicted molar refractivity (Wildman–Crippen MR) is 107 cm³/mol. The lowest BCUT2D eigenvalue weighted by atomic mass is 10.1. The molecule has 6 nitrogen and oxygen atoms in total. The number of carbonyl (C=O) groups is 2. The van der Waals surface area contributed by atoms with E-state index in [1.165, 1.54) is 7.11 Å². The molecule has 1 N–H and O–H groups in total. The van der Waals surface area contributed by atoms with E-state index in [0.29, 0.717) is 18.7 Å². The Labute approximate surface area is 165 Å². The van der Waals surface area contributed by atoms with Crippen LogP contribution in [-0.4, -0.2) is 48.3 Å². The summed E-state index contributed by atoms with van der Waals surface area (Å²) >= 11 is 0. The van der Waals surface area contributed by atoms with Crippen LogP contribution in [0.2, 0.25) is 0 Å². The number of hydrogen-bond acceptors (Lipinski definition) is 4. The minimum absolute atomic E-state index is 0.0266. The van der Waals surface area contributed by atoms with Crippen molar-refractivity contribution in [3.8, 4) is 0 Å². The molecular formula is C22H26N2O4. The lowest BCUT2D eigenvalue weighted by Crippen LogP contribution is -2.46. The molecule has 2 amide bonds. The normalized spacial score (nSPS) is 16.1. The molecule has 1 aliphatic rings. The summed E-state index contributed by atoms with van der Waals surface area (Å²) in [6.45, 7) is 2.98. The molecule has 0 spiro atoms. The Bertz CT molecular complexity index is 835. The summed E-state index contributed by atoms with van der Waals surface area (Å²) in [5.74, 6) is -0.388. The zero-order valence-electron chi connectivity index (χ0n) is 16.3. The Morgan fingerprint density at radius 1 is 1.21 bits per heavy atom. The first-order valence-electron chi connectivity index (χ1n) is 9.46. The molecule has 0 aromatic heterocycles. The first-order chi connectivity index (χ1) is 13.5. The predicted octanol–water partition coefficient (Wildman–Crippen LogP) is 3.36. The molecule has 28 heavy (non-hydrogen) atoms. The topological polar surface area (TPSA) is 70.1 Å². The number of methoxy groups -OCH3 is 1. The summed E-state index contributed by atoms with van der Waals surface area (Å²) in [4.78, 5) is 28.4. The second kappa shape index (κ2) is 8.89. The van der Waals surface area contributed by atoms with Gasteiger partial charge in [-0.15, -0.1) is 0 Å². The third-order valence-corrected chi connectivity index (χ3v) is 5.09. The van der Waals surface area contributed by atoms with Gasteiger partial charge >= 0.3 is 12.0 Å². The number of esters is 1. The number of rotatable bonds is 5. The first kappa shape index (κ1) is 19.9. The molecule has 1 atom stereocenters. The van der Waals surface area contributed by atoms with Crippen molar-refractivity contribution < 1.29 is 19.4 Å². The molecule has 0 aliphatic carbocycles. The van der Waals surface area contributed by atoms with Crippen LogP contribution in [-0.2, 0) is 11.3 Å². The fourth-order valence-electron chi connectivity index (χ4n) is 3.54. The SMILES string of the molecule is COC(=O)c1ccc(CN(C(=O)N2CCC[C@@H]2CO)c2cccc(C)c2)cc1. The summed E-state index contributed by atoms with van der Waals surface area (Å²) in [5, 5.41) is 9.62. The second-order valence-corrected chi connectivity index (χ2v) is 7.07. The van der Waals surface area contributed by atoms with Crippen molar-refractivity contribution in [1.82, 2.24) is 4.90 Å². The number of aliphatic hydroxyl groups is 1. The van der Waals surface area contributed by atoms with Gasteiger partial charge in [-0.25, -0.2) is 9.59 Å². The van der Waals surface area contributed by atoms with E-state index >= 15 is 0 Å². The maximum atomic E-state index is 13.3. The number of nitrogens with zero attached hydrogens (tertiary/aromatic N) is 2. The van der Waals surface area contributed by atoms with Gasteiger partial charge in [-0.3, -0.25) is 4.90 Å². The van der Waals surface area contributed by atoms with E-state index in [2.05, 4.69) is 0 Å². The summed E-state index contributed by atoms with van der Waals surface area (Å²) in [7, 11) is 1.35. The average molecular weight is 382 g/mol. The quantitative estimate of drug-likeness (QED) is 0.805. The minimum atomic E-state index is -0.388. The van der Waals surface area contributed by atoms with Crippen molar-refractivity contribution in [2.75, 3.05) is 25.2 Å². The Balaban J connectivity index is 1.88. The summed E-state index contributed by atoms with van der Waals surface area (Å²) < 4.78 is 4.74. The maximum absolute atomic E-state index is 13.3. The monoisotopic (exact) mass is 382 g/mol. The van der Waals surface area contributed by atoms with Gasteiger partial charge in [0.15, 0.2) is 0 Å². The lowest BCUT2D eigenvalue weighted by Gasteiger charge is -2.31. The van der Waals surface area contributed by atoms with Gasteiger partial charge in [0.05, 0.1) is 31.9 Å². The van der Waals surface area contributed by atoms with Gasteiger partial charge in [-0.05, 0) is 55.2 Å². The second-order valence-electron chi connectivity index (χ2n) is 7.07. The number of benzene rings is 2. The largest absolute Gasteiger partial charge is 0.465 e. The molecule has 3 rings (SSSR count). The Morgan fingerprint density at radius 3 is 2.61 bits per heavy atom. The average Bonchev–Trinajstić information content (AvgIpc) is 3.20. The first-order valence-corrected chi connectivity index (χ1v) is 9.46. The van der Waals surface area contributed by atoms with Crippen LogP contribution in [0, 0.1) is 6.92 Å². The fraction of sp³-hybridized carbons (Fsp3) is 0.364. The number of anilines is 1. The molecule has 0 unspecified atom stereocenters. The van der Waals surface area contributed by atoms with E-state index < -0.39 is 0 Å². The Kier molecular flexibility index (Phi) is 6.31. The van der Waals surface area contributed by atoms with Crippen LogP contribution < -0.4 is 4.90 Å². The molecule has 6 heteroatoms. The smallest absolute Gasteiger partial charge is 0.337 e. The fourth-order valence-corrected chi connectivity index (χ4v) is 3.54. The van der Waals surface area contributed by atoms with Gasteiger partial charge in [0.1, 0.15) is 0 Å². The maximum Gasteiger partial charge on any atom is 0.337 e. The molecule has 148 valence electrons. The Morgan fingerprint density at radius 2 is 1.96 bits per heavy atom. The van der Waals surface area contributed by atoms with Crippen LogP contribution >= 0.6 is 0 Å². The number of aryl methyl sites for hydroxylation is 1. The number of aliphatic hydroxyl groups excluding tert-OH is 1. The van der Waals surface area contributed by atoms with Crippen LogP contribution in [0.5, 0.6) is 0 Å². The highest BCUT2D eigenvalue weighted by Crippen LogP contribution is 2.25. The summed E-state index contributed by atoms with van der Waals surface area (Å²) in [6.07, 6.45) is 1.71. The highest BCUT2D eigenvalue weighted by molar-refractivity contribution is 5.92. The number of amides is 2. The van der Waals surface area contributed by atoms with Gasteiger partial charge in [-0.2, -0.15) is 0 Å². The third-order valence-electron chi connectivity index (χ3n) is 5.09. The van der Waals surface area contributed by atoms with Gasteiger partial charge in [0, 0.05) is 12.2 Å². The molecule has 0 bridgehead atoms. The number of ether oxygens (including phenoxy) is 1. The van der Waals surface area contributed by atoms with Crippen molar-refractivity contribution >= 4 is 17.7 Å². The van der Waals surface area contributed by atoms with E-state index in [0.717, 1.165) is 29.7 Å². The zero-order valence-corrected chi connectivity index (χ0v) is 16.3. The highest BCUT2D eigenvalue weighted by Gasteiger charge is 2.32. The summed E-state index contributed by atoms with van der Waals surface area (Å²) in [5.41, 5.74) is 3.25. The van der Waals surface area contributed by atoms with Gasteiger partial charge < -0.3 is 14.7 Å². The van der Waals surface area contributed by atoms with Crippen molar-refractivity contribution in [3.63, 3.8) is 0 Å². The van der Waals surface area contributed by atoms with Crippen LogP contribution in [0.1, 0.15) is 34.3 Å². The standard InChI is InChI=1S/C22H26N2O4/c1-16-5-3-6-19(13-16)24(22(27)23-12-4-7-20(23)15-25)14-17-8-10-18(11-9-17)21(26)28-2/h3,5-6,8-11,13,20,25H,4,7,12,14-15H2,1-2H3/t20-/m1/s1. The van der Waals surface area contributed by atoms with Crippen molar-refractivity contribution in [2.24, 2.45) is 0 Å². The molecule has 1 heterocycles. The van der Waals surface area contributed by atoms with E-state index in [-0.39, 0.29) is 24.6 Å². The number of hydrogen-bond donors (Lipinski definition) is 1. The van der Waals surface area contributed by atoms with E-state index in [1.807, 2.05) is 43.3 Å². The van der Waals surface area contributed by atoms with Gasteiger partial charge in [0.25, 0.3) is 0 Å². The molecule has 1 aliphatic heterocycles. The van der Waals surface area contributed by atoms with Crippen LogP contribution in [0.3, 0.4) is 0 Å². The third kappa shape index (κ3) is 4.34. The molecule has 2 aromatic rings. The molecular weight excluding hydrogens is 356 g/mol. The molecule has 0 saturated carbocycles. The van der Waals surface area contributed by atoms with E-state index in [9.17, 15) is 14.7 Å². The number of urea groups is 1. The molecule has 1 saturated heterocycles. The van der Waals surface area contributed by atoms with Crippen LogP contribution in [0.25, 0.3) is 0 Å². The number of carbonyl (C=O) groups excluding carboxylic acids is 2. The van der Waals surface area contributed by atoms with Gasteiger partial charge in [-0.1, -0.05) is 24.3 Å². The minimum Gasteiger partial charge on any atom is -0.465 e. The zero-order chi connectivity index (χ0) is 20.1. The van der Waals surface area contributed by atoms with E-state index in [4.69, 9.17) is 4.74 Å². The van der Waals surface area contributed by atoms with Gasteiger partial charge in [0.2, 0.25) is 0 Å². The van der Waals surface area contributed by atoms with Crippen molar-refractivity contribution in [3.05, 3.63) is 65.2 Å². The molecule has 2 aromatic carbocycles. The number of likely N-dealkylation sites (tertiary alicyclic amines) is 1. The van der Waals surface area contributed by atoms with Crippen LogP contribution in [0.15, 0.2) is 48.5 Å². The Hall–Kier alpha value is -2.86. The highest BCUT2D eigenvalue weighted by atomic mass is 16.5. The van der Waals surface area contributed by atoms with E-state index in [1.54, 1.807) is 21.9 Å². The van der Waals surface area contributed by atoms with Crippen LogP contribution in [0.4, 0.5) is 10.5 Å². The van der Waals surface area contributed by atoms with Crippen molar-refractivity contribution in [2.45, 2.75) is 32.4 Å². The molecule has 0 radical (unpaired) electrons.